The summed E-state index contributed by atoms with van der Waals surface area (Å²) in [6, 6.07) is 15.2. The van der Waals surface area contributed by atoms with E-state index in [1.165, 1.54) is 27.8 Å². The molecular formula is C19H20S. The Balaban J connectivity index is 2.48. The fourth-order valence-corrected chi connectivity index (χ4v) is 2.63. The van der Waals surface area contributed by atoms with Crippen LogP contribution < -0.4 is 0 Å². The van der Waals surface area contributed by atoms with Crippen molar-refractivity contribution in [2.45, 2.75) is 18.6 Å². The van der Waals surface area contributed by atoms with Crippen molar-refractivity contribution < 1.29 is 0 Å². The van der Waals surface area contributed by atoms with E-state index >= 15 is 0 Å². The van der Waals surface area contributed by atoms with Crippen LogP contribution in [0.4, 0.5) is 0 Å². The standard InChI is InChI=1S/C19H20S/c1-3-6-15-8-5-9-17(12-15)19-13-16(7-4-2)10-11-18(19)14-20/h3-5,8-13,20H,1-2,6-7,14H2. The van der Waals surface area contributed by atoms with Gasteiger partial charge in [0.2, 0.25) is 0 Å². The number of allylic oxidation sites excluding steroid dienone is 2. The first-order chi connectivity index (χ1) is 9.78. The monoisotopic (exact) mass is 280 g/mol. The molecule has 0 nitrogen and oxygen atoms in total. The van der Waals surface area contributed by atoms with Gasteiger partial charge in [-0.25, -0.2) is 0 Å². The van der Waals surface area contributed by atoms with E-state index < -0.39 is 0 Å². The number of rotatable bonds is 6. The molecule has 0 fully saturated rings. The predicted molar refractivity (Wildman–Crippen MR) is 92.4 cm³/mol. The molecule has 0 amide bonds. The lowest BCUT2D eigenvalue weighted by molar-refractivity contribution is 1.25. The van der Waals surface area contributed by atoms with Gasteiger partial charge >= 0.3 is 0 Å². The van der Waals surface area contributed by atoms with Gasteiger partial charge in [0.05, 0.1) is 0 Å². The van der Waals surface area contributed by atoms with Crippen molar-refractivity contribution in [2.75, 3.05) is 0 Å². The van der Waals surface area contributed by atoms with Crippen molar-refractivity contribution in [3.63, 3.8) is 0 Å². The zero-order valence-corrected chi connectivity index (χ0v) is 12.6. The summed E-state index contributed by atoms with van der Waals surface area (Å²) in [5.74, 6) is 0.745. The van der Waals surface area contributed by atoms with Crippen molar-refractivity contribution in [1.29, 1.82) is 0 Å². The largest absolute Gasteiger partial charge is 0.175 e. The Morgan fingerprint density at radius 1 is 0.900 bits per heavy atom. The summed E-state index contributed by atoms with van der Waals surface area (Å²) in [6.07, 6.45) is 5.67. The molecule has 0 saturated heterocycles. The molecule has 0 spiro atoms. The second-order valence-corrected chi connectivity index (χ2v) is 5.15. The normalized spacial score (nSPS) is 10.2. The summed E-state index contributed by atoms with van der Waals surface area (Å²) in [5.41, 5.74) is 6.35. The summed E-state index contributed by atoms with van der Waals surface area (Å²) < 4.78 is 0. The molecule has 2 aromatic carbocycles. The first-order valence-electron chi connectivity index (χ1n) is 6.82. The summed E-state index contributed by atoms with van der Waals surface area (Å²) >= 11 is 4.45. The summed E-state index contributed by atoms with van der Waals surface area (Å²) in [4.78, 5) is 0. The lowest BCUT2D eigenvalue weighted by Crippen LogP contribution is -1.91. The first kappa shape index (κ1) is 14.7. The minimum Gasteiger partial charge on any atom is -0.175 e. The van der Waals surface area contributed by atoms with Gasteiger partial charge in [-0.15, -0.1) is 13.2 Å². The lowest BCUT2D eigenvalue weighted by atomic mass is 9.95. The zero-order chi connectivity index (χ0) is 14.4. The SMILES string of the molecule is C=CCc1cccc(-c2cc(CC=C)ccc2CS)c1. The predicted octanol–water partition coefficient (Wildman–Crippen LogP) is 5.24. The highest BCUT2D eigenvalue weighted by molar-refractivity contribution is 7.79. The van der Waals surface area contributed by atoms with Crippen LogP contribution in [0.2, 0.25) is 0 Å². The van der Waals surface area contributed by atoms with Gasteiger partial charge < -0.3 is 0 Å². The van der Waals surface area contributed by atoms with Gasteiger partial charge in [0, 0.05) is 5.75 Å². The fourth-order valence-electron chi connectivity index (χ4n) is 2.36. The second kappa shape index (κ2) is 7.16. The Bertz CT molecular complexity index is 611. The summed E-state index contributed by atoms with van der Waals surface area (Å²) in [5, 5.41) is 0. The second-order valence-electron chi connectivity index (χ2n) is 4.84. The third-order valence-electron chi connectivity index (χ3n) is 3.34. The maximum atomic E-state index is 4.45. The van der Waals surface area contributed by atoms with E-state index in [2.05, 4.69) is 68.3 Å². The van der Waals surface area contributed by atoms with Crippen LogP contribution in [0.15, 0.2) is 67.8 Å². The number of hydrogen-bond acceptors (Lipinski definition) is 1. The Labute approximate surface area is 127 Å². The Hall–Kier alpha value is -1.73. The van der Waals surface area contributed by atoms with E-state index in [4.69, 9.17) is 0 Å². The van der Waals surface area contributed by atoms with Crippen molar-refractivity contribution in [3.8, 4) is 11.1 Å². The van der Waals surface area contributed by atoms with E-state index in [1.807, 2.05) is 12.2 Å². The maximum Gasteiger partial charge on any atom is 0.0160 e. The Morgan fingerprint density at radius 3 is 2.25 bits per heavy atom. The van der Waals surface area contributed by atoms with Gasteiger partial charge in [0.15, 0.2) is 0 Å². The van der Waals surface area contributed by atoms with Crippen molar-refractivity contribution in [3.05, 3.63) is 84.5 Å². The topological polar surface area (TPSA) is 0 Å². The molecule has 0 radical (unpaired) electrons. The molecule has 1 heteroatoms. The molecule has 0 saturated carbocycles. The fraction of sp³-hybridized carbons (Fsp3) is 0.158. The summed E-state index contributed by atoms with van der Waals surface area (Å²) in [6.45, 7) is 7.62. The molecule has 0 heterocycles. The van der Waals surface area contributed by atoms with E-state index in [9.17, 15) is 0 Å². The third-order valence-corrected chi connectivity index (χ3v) is 3.68. The van der Waals surface area contributed by atoms with Gasteiger partial charge in [-0.05, 0) is 40.7 Å². The highest BCUT2D eigenvalue weighted by atomic mass is 32.1. The van der Waals surface area contributed by atoms with Gasteiger partial charge in [0.1, 0.15) is 0 Å². The van der Waals surface area contributed by atoms with Gasteiger partial charge in [-0.3, -0.25) is 0 Å². The molecule has 0 unspecified atom stereocenters. The highest BCUT2D eigenvalue weighted by Crippen LogP contribution is 2.27. The maximum absolute atomic E-state index is 4.45. The smallest absolute Gasteiger partial charge is 0.0160 e. The van der Waals surface area contributed by atoms with E-state index in [0.29, 0.717) is 0 Å². The zero-order valence-electron chi connectivity index (χ0n) is 11.7. The van der Waals surface area contributed by atoms with Crippen molar-refractivity contribution in [2.24, 2.45) is 0 Å². The molecule has 2 rings (SSSR count). The quantitative estimate of drug-likeness (QED) is 0.543. The molecule has 0 N–H and O–H groups in total. The van der Waals surface area contributed by atoms with Crippen LogP contribution in [0.3, 0.4) is 0 Å². The van der Waals surface area contributed by atoms with Gasteiger partial charge in [-0.2, -0.15) is 12.6 Å². The summed E-state index contributed by atoms with van der Waals surface area (Å²) in [7, 11) is 0. The van der Waals surface area contributed by atoms with Crippen molar-refractivity contribution in [1.82, 2.24) is 0 Å². The first-order valence-corrected chi connectivity index (χ1v) is 7.45. The highest BCUT2D eigenvalue weighted by Gasteiger charge is 2.06. The molecule has 0 aromatic heterocycles. The van der Waals surface area contributed by atoms with Crippen LogP contribution in [0, 0.1) is 0 Å². The molecule has 20 heavy (non-hydrogen) atoms. The molecule has 0 aliphatic carbocycles. The average molecular weight is 280 g/mol. The van der Waals surface area contributed by atoms with Crippen molar-refractivity contribution >= 4 is 12.6 Å². The van der Waals surface area contributed by atoms with Crippen LogP contribution in [0.1, 0.15) is 16.7 Å². The van der Waals surface area contributed by atoms with E-state index in [1.54, 1.807) is 0 Å². The Kier molecular flexibility index (Phi) is 5.25. The van der Waals surface area contributed by atoms with Crippen LogP contribution >= 0.6 is 12.6 Å². The molecule has 0 bridgehead atoms. The number of thiol groups is 1. The van der Waals surface area contributed by atoms with Crippen LogP contribution in [0.25, 0.3) is 11.1 Å². The number of benzene rings is 2. The minimum atomic E-state index is 0.745. The molecular weight excluding hydrogens is 260 g/mol. The van der Waals surface area contributed by atoms with Gasteiger partial charge in [0.25, 0.3) is 0 Å². The molecule has 0 atom stereocenters. The molecule has 2 aromatic rings. The number of hydrogen-bond donors (Lipinski definition) is 1. The molecule has 0 aliphatic heterocycles. The minimum absolute atomic E-state index is 0.745. The lowest BCUT2D eigenvalue weighted by Gasteiger charge is -2.11. The Morgan fingerprint density at radius 2 is 1.60 bits per heavy atom. The van der Waals surface area contributed by atoms with Crippen LogP contribution in [-0.2, 0) is 18.6 Å². The van der Waals surface area contributed by atoms with Crippen LogP contribution in [-0.4, -0.2) is 0 Å². The molecule has 0 aliphatic rings. The third kappa shape index (κ3) is 3.43. The van der Waals surface area contributed by atoms with Gasteiger partial charge in [-0.1, -0.05) is 54.6 Å². The van der Waals surface area contributed by atoms with E-state index in [0.717, 1.165) is 18.6 Å². The van der Waals surface area contributed by atoms with Crippen LogP contribution in [0.5, 0.6) is 0 Å². The molecule has 102 valence electrons. The van der Waals surface area contributed by atoms with E-state index in [-0.39, 0.29) is 0 Å². The average Bonchev–Trinajstić information content (AvgIpc) is 2.48.